The summed E-state index contributed by atoms with van der Waals surface area (Å²) in [6, 6.07) is 9.83. The summed E-state index contributed by atoms with van der Waals surface area (Å²) in [5.74, 6) is 0.691. The predicted molar refractivity (Wildman–Crippen MR) is 71.8 cm³/mol. The van der Waals surface area contributed by atoms with Gasteiger partial charge in [0.05, 0.1) is 12.2 Å². The van der Waals surface area contributed by atoms with Crippen molar-refractivity contribution in [3.8, 4) is 11.5 Å². The molecule has 0 saturated carbocycles. The summed E-state index contributed by atoms with van der Waals surface area (Å²) < 4.78 is 43.5. The van der Waals surface area contributed by atoms with Crippen LogP contribution < -0.4 is 10.5 Å². The van der Waals surface area contributed by atoms with Crippen molar-refractivity contribution < 1.29 is 23.0 Å². The zero-order chi connectivity index (χ0) is 15.5. The highest BCUT2D eigenvalue weighted by Crippen LogP contribution is 2.34. The average molecular weight is 297 g/mol. The van der Waals surface area contributed by atoms with Gasteiger partial charge in [0.15, 0.2) is 0 Å². The topological polar surface area (TPSA) is 55.5 Å². The smallest absolute Gasteiger partial charge is 0.416 e. The van der Waals surface area contributed by atoms with E-state index in [1.54, 1.807) is 24.3 Å². The van der Waals surface area contributed by atoms with E-state index in [2.05, 4.69) is 0 Å². The molecule has 0 atom stereocenters. The molecule has 2 aromatic rings. The van der Waals surface area contributed by atoms with Gasteiger partial charge in [-0.25, -0.2) is 0 Å². The maximum absolute atomic E-state index is 12.7. The molecule has 0 amide bonds. The number of alkyl halides is 3. The molecule has 0 bridgehead atoms. The number of ether oxygens (including phenoxy) is 1. The van der Waals surface area contributed by atoms with Crippen LogP contribution in [0, 0.1) is 0 Å². The monoisotopic (exact) mass is 297 g/mol. The maximum atomic E-state index is 12.7. The van der Waals surface area contributed by atoms with Crippen molar-refractivity contribution in [1.82, 2.24) is 0 Å². The van der Waals surface area contributed by atoms with Gasteiger partial charge in [-0.1, -0.05) is 12.1 Å². The first-order valence-electron chi connectivity index (χ1n) is 6.22. The second-order valence-electron chi connectivity index (χ2n) is 4.43. The third kappa shape index (κ3) is 3.74. The van der Waals surface area contributed by atoms with E-state index >= 15 is 0 Å². The minimum atomic E-state index is -4.42. The Kier molecular flexibility index (Phi) is 4.50. The molecular weight excluding hydrogens is 283 g/mol. The lowest BCUT2D eigenvalue weighted by Gasteiger charge is -2.13. The Bertz CT molecular complexity index is 627. The molecule has 0 aromatic heterocycles. The number of benzene rings is 2. The lowest BCUT2D eigenvalue weighted by Crippen LogP contribution is -2.08. The van der Waals surface area contributed by atoms with E-state index < -0.39 is 11.7 Å². The normalized spacial score (nSPS) is 11.5. The fourth-order valence-corrected chi connectivity index (χ4v) is 1.85. The summed E-state index contributed by atoms with van der Waals surface area (Å²) in [5.41, 5.74) is 5.63. The summed E-state index contributed by atoms with van der Waals surface area (Å²) in [6.07, 6.45) is -4.42. The Balaban J connectivity index is 2.31. The molecule has 0 aliphatic heterocycles. The van der Waals surface area contributed by atoms with Gasteiger partial charge in [-0.3, -0.25) is 0 Å². The highest BCUT2D eigenvalue weighted by molar-refractivity contribution is 5.42. The molecule has 0 unspecified atom stereocenters. The van der Waals surface area contributed by atoms with E-state index in [4.69, 9.17) is 15.6 Å². The Labute approximate surface area is 119 Å². The average Bonchev–Trinajstić information content (AvgIpc) is 2.46. The van der Waals surface area contributed by atoms with E-state index in [1.807, 2.05) is 0 Å². The number of rotatable bonds is 4. The summed E-state index contributed by atoms with van der Waals surface area (Å²) in [7, 11) is 0. The standard InChI is InChI=1S/C15H14F3NO2/c16-15(17,18)12-4-5-14(11(7-12)8-19)21-13-3-1-2-10(6-13)9-20/h1-7,20H,8-9,19H2. The third-order valence-corrected chi connectivity index (χ3v) is 2.92. The molecule has 21 heavy (non-hydrogen) atoms. The van der Waals surface area contributed by atoms with Gasteiger partial charge >= 0.3 is 6.18 Å². The third-order valence-electron chi connectivity index (χ3n) is 2.92. The number of aliphatic hydroxyl groups excluding tert-OH is 1. The van der Waals surface area contributed by atoms with Crippen LogP contribution in [0.1, 0.15) is 16.7 Å². The fourth-order valence-electron chi connectivity index (χ4n) is 1.85. The van der Waals surface area contributed by atoms with Gasteiger partial charge in [0.1, 0.15) is 11.5 Å². The molecule has 0 spiro atoms. The largest absolute Gasteiger partial charge is 0.457 e. The van der Waals surface area contributed by atoms with Gasteiger partial charge in [-0.05, 0) is 35.9 Å². The number of hydrogen-bond donors (Lipinski definition) is 2. The van der Waals surface area contributed by atoms with Gasteiger partial charge in [0.2, 0.25) is 0 Å². The molecule has 0 fully saturated rings. The summed E-state index contributed by atoms with van der Waals surface area (Å²) in [5, 5.41) is 9.05. The van der Waals surface area contributed by atoms with Crippen molar-refractivity contribution in [2.24, 2.45) is 5.73 Å². The highest BCUT2D eigenvalue weighted by Gasteiger charge is 2.31. The molecule has 0 aliphatic carbocycles. The van der Waals surface area contributed by atoms with Crippen LogP contribution in [0.25, 0.3) is 0 Å². The zero-order valence-corrected chi connectivity index (χ0v) is 11.0. The van der Waals surface area contributed by atoms with E-state index in [0.717, 1.165) is 12.1 Å². The van der Waals surface area contributed by atoms with Crippen molar-refractivity contribution in [2.45, 2.75) is 19.3 Å². The predicted octanol–water partition coefficient (Wildman–Crippen LogP) is 3.45. The summed E-state index contributed by atoms with van der Waals surface area (Å²) >= 11 is 0. The first-order chi connectivity index (χ1) is 9.94. The summed E-state index contributed by atoms with van der Waals surface area (Å²) in [4.78, 5) is 0. The zero-order valence-electron chi connectivity index (χ0n) is 11.0. The Morgan fingerprint density at radius 1 is 1.10 bits per heavy atom. The molecule has 6 heteroatoms. The fraction of sp³-hybridized carbons (Fsp3) is 0.200. The van der Waals surface area contributed by atoms with Crippen LogP contribution in [0.2, 0.25) is 0 Å². The number of nitrogens with two attached hydrogens (primary N) is 1. The van der Waals surface area contributed by atoms with Gasteiger partial charge in [0, 0.05) is 12.1 Å². The molecule has 3 N–H and O–H groups in total. The molecule has 0 heterocycles. The van der Waals surface area contributed by atoms with E-state index in [1.165, 1.54) is 6.07 Å². The maximum Gasteiger partial charge on any atom is 0.416 e. The van der Waals surface area contributed by atoms with Crippen molar-refractivity contribution in [2.75, 3.05) is 0 Å². The van der Waals surface area contributed by atoms with Crippen LogP contribution in [0.4, 0.5) is 13.2 Å². The first-order valence-corrected chi connectivity index (χ1v) is 6.22. The van der Waals surface area contributed by atoms with Crippen LogP contribution in [-0.4, -0.2) is 5.11 Å². The van der Waals surface area contributed by atoms with Crippen LogP contribution >= 0.6 is 0 Å². The van der Waals surface area contributed by atoms with Gasteiger partial charge in [-0.15, -0.1) is 0 Å². The Hall–Kier alpha value is -2.05. The lowest BCUT2D eigenvalue weighted by molar-refractivity contribution is -0.137. The molecule has 2 rings (SSSR count). The SMILES string of the molecule is NCc1cc(C(F)(F)F)ccc1Oc1cccc(CO)c1. The minimum absolute atomic E-state index is 0.0705. The second-order valence-corrected chi connectivity index (χ2v) is 4.43. The van der Waals surface area contributed by atoms with Crippen LogP contribution in [0.5, 0.6) is 11.5 Å². The molecule has 3 nitrogen and oxygen atoms in total. The lowest BCUT2D eigenvalue weighted by atomic mass is 10.1. The molecule has 2 aromatic carbocycles. The van der Waals surface area contributed by atoms with Gasteiger partial charge in [0.25, 0.3) is 0 Å². The second kappa shape index (κ2) is 6.15. The van der Waals surface area contributed by atoms with Crippen LogP contribution in [0.15, 0.2) is 42.5 Å². The van der Waals surface area contributed by atoms with Crippen LogP contribution in [-0.2, 0) is 19.3 Å². The van der Waals surface area contributed by atoms with Crippen molar-refractivity contribution in [3.63, 3.8) is 0 Å². The number of halogens is 3. The molecule has 0 aliphatic rings. The number of hydrogen-bond acceptors (Lipinski definition) is 3. The van der Waals surface area contributed by atoms with E-state index in [9.17, 15) is 13.2 Å². The van der Waals surface area contributed by atoms with E-state index in [-0.39, 0.29) is 24.5 Å². The quantitative estimate of drug-likeness (QED) is 0.908. The highest BCUT2D eigenvalue weighted by atomic mass is 19.4. The first kappa shape index (κ1) is 15.3. The van der Waals surface area contributed by atoms with Crippen molar-refractivity contribution in [1.29, 1.82) is 0 Å². The minimum Gasteiger partial charge on any atom is -0.457 e. The molecular formula is C15H14F3NO2. The summed E-state index contributed by atoms with van der Waals surface area (Å²) in [6.45, 7) is -0.215. The number of aliphatic hydroxyl groups is 1. The molecule has 0 radical (unpaired) electrons. The van der Waals surface area contributed by atoms with Gasteiger partial charge < -0.3 is 15.6 Å². The van der Waals surface area contributed by atoms with Gasteiger partial charge in [-0.2, -0.15) is 13.2 Å². The molecule has 112 valence electrons. The van der Waals surface area contributed by atoms with Crippen molar-refractivity contribution in [3.05, 3.63) is 59.2 Å². The van der Waals surface area contributed by atoms with Crippen LogP contribution in [0.3, 0.4) is 0 Å². The van der Waals surface area contributed by atoms with E-state index in [0.29, 0.717) is 11.3 Å². The Morgan fingerprint density at radius 3 is 2.48 bits per heavy atom. The Morgan fingerprint density at radius 2 is 1.86 bits per heavy atom. The molecule has 0 saturated heterocycles. The van der Waals surface area contributed by atoms with Crippen molar-refractivity contribution >= 4 is 0 Å².